The van der Waals surface area contributed by atoms with Crippen molar-refractivity contribution in [1.82, 2.24) is 10.3 Å². The summed E-state index contributed by atoms with van der Waals surface area (Å²) in [5.74, 6) is -1.74. The monoisotopic (exact) mass is 533 g/mol. The summed E-state index contributed by atoms with van der Waals surface area (Å²) >= 11 is 0. The van der Waals surface area contributed by atoms with Gasteiger partial charge in [-0.15, -0.1) is 0 Å². The molecule has 1 aromatic heterocycles. The average Bonchev–Trinajstić information content (AvgIpc) is 2.86. The molecule has 37 heavy (non-hydrogen) atoms. The van der Waals surface area contributed by atoms with Gasteiger partial charge in [0.05, 0.1) is 11.8 Å². The molecular formula is C26H29F2N3O5S. The molecule has 2 aromatic carbocycles. The Kier molecular flexibility index (Phi) is 9.54. The van der Waals surface area contributed by atoms with Gasteiger partial charge in [-0.2, -0.15) is 8.42 Å². The molecular weight excluding hydrogens is 504 g/mol. The summed E-state index contributed by atoms with van der Waals surface area (Å²) in [6.07, 6.45) is 2.35. The zero-order valence-electron chi connectivity index (χ0n) is 20.4. The van der Waals surface area contributed by atoms with Crippen LogP contribution in [0.3, 0.4) is 0 Å². The molecule has 3 aromatic rings. The van der Waals surface area contributed by atoms with Crippen LogP contribution in [0.4, 0.5) is 14.5 Å². The molecule has 198 valence electrons. The lowest BCUT2D eigenvalue weighted by Gasteiger charge is -2.25. The van der Waals surface area contributed by atoms with E-state index in [4.69, 9.17) is 9.29 Å². The van der Waals surface area contributed by atoms with Crippen molar-refractivity contribution in [2.75, 3.05) is 24.2 Å². The Balaban J connectivity index is 1.59. The van der Waals surface area contributed by atoms with E-state index in [9.17, 15) is 22.0 Å². The lowest BCUT2D eigenvalue weighted by molar-refractivity contribution is 0.0956. The highest BCUT2D eigenvalue weighted by molar-refractivity contribution is 7.85. The van der Waals surface area contributed by atoms with E-state index in [0.717, 1.165) is 18.2 Å². The predicted octanol–water partition coefficient (Wildman–Crippen LogP) is 4.55. The zero-order chi connectivity index (χ0) is 27.0. The number of carbonyl (C=O) groups is 1. The van der Waals surface area contributed by atoms with E-state index in [1.165, 1.54) is 18.3 Å². The maximum absolute atomic E-state index is 14.0. The number of carbonyl (C=O) groups excluding carboxylic acids is 1. The van der Waals surface area contributed by atoms with Gasteiger partial charge in [0.2, 0.25) is 5.88 Å². The van der Waals surface area contributed by atoms with E-state index in [1.807, 2.05) is 0 Å². The van der Waals surface area contributed by atoms with E-state index in [1.54, 1.807) is 36.4 Å². The molecule has 0 saturated heterocycles. The summed E-state index contributed by atoms with van der Waals surface area (Å²) < 4.78 is 63.4. The molecule has 2 atom stereocenters. The molecule has 0 bridgehead atoms. The number of halogens is 2. The van der Waals surface area contributed by atoms with Crippen LogP contribution in [0.15, 0.2) is 60.8 Å². The van der Waals surface area contributed by atoms with Crippen LogP contribution in [-0.4, -0.2) is 48.8 Å². The highest BCUT2D eigenvalue weighted by Crippen LogP contribution is 2.24. The third kappa shape index (κ3) is 8.50. The van der Waals surface area contributed by atoms with Crippen LogP contribution in [-0.2, 0) is 10.1 Å². The number of hydrogen-bond donors (Lipinski definition) is 3. The van der Waals surface area contributed by atoms with Crippen molar-refractivity contribution >= 4 is 21.7 Å². The first-order valence-electron chi connectivity index (χ1n) is 11.7. The number of rotatable bonds is 12. The van der Waals surface area contributed by atoms with Crippen LogP contribution in [0, 0.1) is 17.6 Å². The van der Waals surface area contributed by atoms with Crippen LogP contribution in [0.25, 0.3) is 11.1 Å². The Morgan fingerprint density at radius 3 is 2.43 bits per heavy atom. The van der Waals surface area contributed by atoms with Gasteiger partial charge in [0.1, 0.15) is 18.2 Å². The Labute approximate surface area is 214 Å². The van der Waals surface area contributed by atoms with E-state index in [-0.39, 0.29) is 24.1 Å². The number of anilines is 1. The van der Waals surface area contributed by atoms with Crippen LogP contribution >= 0.6 is 0 Å². The van der Waals surface area contributed by atoms with E-state index >= 15 is 0 Å². The summed E-state index contributed by atoms with van der Waals surface area (Å²) in [5.41, 5.74) is 1.86. The van der Waals surface area contributed by atoms with Gasteiger partial charge >= 0.3 is 0 Å². The van der Waals surface area contributed by atoms with Crippen LogP contribution in [0.1, 0.15) is 30.6 Å². The van der Waals surface area contributed by atoms with Gasteiger partial charge in [0.15, 0.2) is 0 Å². The normalized spacial score (nSPS) is 13.0. The number of nitrogens with one attached hydrogen (secondary N) is 2. The molecule has 0 spiro atoms. The van der Waals surface area contributed by atoms with Crippen molar-refractivity contribution in [3.8, 4) is 17.0 Å². The van der Waals surface area contributed by atoms with Crippen molar-refractivity contribution in [2.45, 2.75) is 26.3 Å². The fourth-order valence-corrected chi connectivity index (χ4v) is 3.84. The number of nitrogens with zero attached hydrogens (tertiary/aromatic N) is 1. The first kappa shape index (κ1) is 28.0. The minimum atomic E-state index is -4.15. The zero-order valence-corrected chi connectivity index (χ0v) is 21.3. The lowest BCUT2D eigenvalue weighted by atomic mass is 9.99. The minimum Gasteiger partial charge on any atom is -0.475 e. The second-order valence-electron chi connectivity index (χ2n) is 8.58. The molecule has 3 N–H and O–H groups in total. The molecule has 2 unspecified atom stereocenters. The van der Waals surface area contributed by atoms with Gasteiger partial charge in [0.25, 0.3) is 16.0 Å². The second kappa shape index (κ2) is 12.6. The van der Waals surface area contributed by atoms with Crippen LogP contribution in [0.2, 0.25) is 0 Å². The highest BCUT2D eigenvalue weighted by Gasteiger charge is 2.18. The van der Waals surface area contributed by atoms with Gasteiger partial charge in [-0.1, -0.05) is 20.3 Å². The maximum Gasteiger partial charge on any atom is 0.266 e. The van der Waals surface area contributed by atoms with E-state index in [0.29, 0.717) is 23.6 Å². The smallest absolute Gasteiger partial charge is 0.266 e. The largest absolute Gasteiger partial charge is 0.475 e. The Morgan fingerprint density at radius 2 is 1.84 bits per heavy atom. The summed E-state index contributed by atoms with van der Waals surface area (Å²) in [6.45, 7) is 4.23. The molecule has 1 heterocycles. The number of amides is 1. The van der Waals surface area contributed by atoms with Crippen LogP contribution in [0.5, 0.6) is 5.88 Å². The molecule has 0 fully saturated rings. The number of aromatic nitrogens is 1. The number of pyridine rings is 1. The second-order valence-corrected chi connectivity index (χ2v) is 10.1. The fraction of sp³-hybridized carbons (Fsp3) is 0.308. The van der Waals surface area contributed by atoms with Crippen molar-refractivity contribution in [3.63, 3.8) is 0 Å². The van der Waals surface area contributed by atoms with Crippen molar-refractivity contribution in [2.24, 2.45) is 5.92 Å². The first-order chi connectivity index (χ1) is 17.6. The van der Waals surface area contributed by atoms with Crippen molar-refractivity contribution in [3.05, 3.63) is 78.0 Å². The minimum absolute atomic E-state index is 0.0875. The molecule has 8 nitrogen and oxygen atoms in total. The van der Waals surface area contributed by atoms with Gasteiger partial charge in [-0.05, 0) is 48.4 Å². The highest BCUT2D eigenvalue weighted by atomic mass is 32.2. The number of benzene rings is 2. The third-order valence-electron chi connectivity index (χ3n) is 5.86. The molecule has 0 aliphatic carbocycles. The molecule has 1 amide bonds. The Hall–Kier alpha value is -3.57. The van der Waals surface area contributed by atoms with E-state index in [2.05, 4.69) is 29.5 Å². The maximum atomic E-state index is 14.0. The molecule has 0 radical (unpaired) electrons. The van der Waals surface area contributed by atoms with Gasteiger partial charge in [-0.3, -0.25) is 9.35 Å². The van der Waals surface area contributed by atoms with Crippen LogP contribution < -0.4 is 15.4 Å². The fourth-order valence-electron chi connectivity index (χ4n) is 3.48. The van der Waals surface area contributed by atoms with Gasteiger partial charge in [0, 0.05) is 47.3 Å². The summed E-state index contributed by atoms with van der Waals surface area (Å²) in [4.78, 5) is 16.4. The number of ether oxygens (including phenoxy) is 1. The molecule has 0 aliphatic rings. The van der Waals surface area contributed by atoms with Crippen molar-refractivity contribution < 1.29 is 31.3 Å². The Morgan fingerprint density at radius 1 is 1.11 bits per heavy atom. The summed E-state index contributed by atoms with van der Waals surface area (Å²) in [6, 6.07) is 13.2. The standard InChI is InChI=1S/C26H29F2N3O5S/c1-3-17(2)24(31-21-8-4-18(5-9-21)26(32)29-12-13-37(33,34)35)16-36-25-11-6-19(15-30-25)22-10-7-20(27)14-23(22)28/h4-11,14-15,17,24,31H,3,12-13,16H2,1-2H3,(H,29,32)(H,33,34,35). The average molecular weight is 534 g/mol. The molecule has 0 saturated carbocycles. The number of hydrogen-bond acceptors (Lipinski definition) is 6. The third-order valence-corrected chi connectivity index (χ3v) is 6.58. The molecule has 3 rings (SSSR count). The van der Waals surface area contributed by atoms with E-state index < -0.39 is 33.4 Å². The van der Waals surface area contributed by atoms with Gasteiger partial charge in [-0.25, -0.2) is 13.8 Å². The first-order valence-corrected chi connectivity index (χ1v) is 13.3. The quantitative estimate of drug-likeness (QED) is 0.292. The molecule has 11 heteroatoms. The molecule has 0 aliphatic heterocycles. The van der Waals surface area contributed by atoms with Crippen molar-refractivity contribution in [1.29, 1.82) is 0 Å². The Bertz CT molecular complexity index is 1300. The lowest BCUT2D eigenvalue weighted by Crippen LogP contribution is -2.33. The predicted molar refractivity (Wildman–Crippen MR) is 137 cm³/mol. The van der Waals surface area contributed by atoms with Gasteiger partial charge < -0.3 is 15.4 Å². The SMILES string of the molecule is CCC(C)C(COc1ccc(-c2ccc(F)cc2F)cn1)Nc1ccc(C(=O)NCCS(=O)(=O)O)cc1. The summed E-state index contributed by atoms with van der Waals surface area (Å²) in [5, 5.41) is 5.84. The topological polar surface area (TPSA) is 118 Å². The summed E-state index contributed by atoms with van der Waals surface area (Å²) in [7, 11) is -4.15.